The molecule has 2 aliphatic heterocycles. The molecule has 2 aliphatic rings. The number of rotatable bonds is 7. The number of hydrogen-bond donors (Lipinski definition) is 3. The van der Waals surface area contributed by atoms with Gasteiger partial charge in [0, 0.05) is 31.8 Å². The van der Waals surface area contributed by atoms with E-state index in [1.165, 1.54) is 29.5 Å². The van der Waals surface area contributed by atoms with Gasteiger partial charge in [-0.15, -0.1) is 13.2 Å². The number of nitrogens with two attached hydrogens (primary N) is 1. The summed E-state index contributed by atoms with van der Waals surface area (Å²) >= 11 is 1.17. The summed E-state index contributed by atoms with van der Waals surface area (Å²) in [5.41, 5.74) is 7.66. The topological polar surface area (TPSA) is 144 Å². The lowest BCUT2D eigenvalue weighted by Gasteiger charge is -2.23. The second kappa shape index (κ2) is 13.8. The van der Waals surface area contributed by atoms with Gasteiger partial charge < -0.3 is 44.6 Å². The Morgan fingerprint density at radius 1 is 1.05 bits per heavy atom. The maximum absolute atomic E-state index is 12.6. The molecule has 0 bridgehead atoms. The number of benzene rings is 2. The van der Waals surface area contributed by atoms with Gasteiger partial charge in [-0.2, -0.15) is 0 Å². The van der Waals surface area contributed by atoms with Crippen LogP contribution in [0.2, 0.25) is 0 Å². The molecule has 2 aromatic carbocycles. The fourth-order valence-electron chi connectivity index (χ4n) is 4.34. The van der Waals surface area contributed by atoms with Crippen molar-refractivity contribution < 1.29 is 41.7 Å². The number of imidazole rings is 1. The zero-order valence-corrected chi connectivity index (χ0v) is 24.0. The molecule has 2 fully saturated rings. The Morgan fingerprint density at radius 2 is 1.79 bits per heavy atom. The first kappa shape index (κ1) is 30.9. The molecule has 2 aromatic heterocycles. The van der Waals surface area contributed by atoms with Gasteiger partial charge in [-0.05, 0) is 30.3 Å². The molecular weight excluding hydrogens is 593 g/mol. The fraction of sp³-hybridized carbons (Fsp3) is 0.444. The van der Waals surface area contributed by atoms with Crippen LogP contribution >= 0.6 is 11.3 Å². The van der Waals surface area contributed by atoms with Crippen molar-refractivity contribution in [1.82, 2.24) is 19.9 Å². The van der Waals surface area contributed by atoms with E-state index in [-0.39, 0.29) is 23.9 Å². The van der Waals surface area contributed by atoms with Gasteiger partial charge >= 0.3 is 6.36 Å². The van der Waals surface area contributed by atoms with Crippen molar-refractivity contribution in [2.45, 2.75) is 18.6 Å². The summed E-state index contributed by atoms with van der Waals surface area (Å²) < 4.78 is 64.9. The Morgan fingerprint density at radius 3 is 2.44 bits per heavy atom. The second-order valence-corrected chi connectivity index (χ2v) is 10.6. The number of anilines is 2. The summed E-state index contributed by atoms with van der Waals surface area (Å²) in [7, 11) is 1.81. The molecule has 6 rings (SSSR count). The number of fused-ring (bicyclic) bond motifs is 2. The normalized spacial score (nSPS) is 19.1. The first-order chi connectivity index (χ1) is 20.7. The van der Waals surface area contributed by atoms with Crippen LogP contribution in [-0.4, -0.2) is 91.7 Å². The van der Waals surface area contributed by atoms with E-state index in [0.717, 1.165) is 12.1 Å². The first-order valence-electron chi connectivity index (χ1n) is 13.5. The molecule has 1 amide bonds. The highest BCUT2D eigenvalue weighted by Crippen LogP contribution is 2.33. The number of carbonyl (C=O) groups excluding carboxylic acids is 1. The van der Waals surface area contributed by atoms with Crippen LogP contribution in [0.3, 0.4) is 0 Å². The highest BCUT2D eigenvalue weighted by atomic mass is 32.1. The number of alkyl halides is 3. The third kappa shape index (κ3) is 8.31. The number of hydrogen-bond acceptors (Lipinski definition) is 11. The highest BCUT2D eigenvalue weighted by Gasteiger charge is 2.31. The largest absolute Gasteiger partial charge is 0.573 e. The summed E-state index contributed by atoms with van der Waals surface area (Å²) in [6.45, 7) is 4.50. The SMILES string of the molecule is Cn1c(Nc2nc3ccc(OC(F)(F)F)cc3s2)nc2cc(C(=O)NCC3COCCO3)ccc21.NCC1COCCO1. The number of aromatic nitrogens is 3. The molecule has 2 atom stereocenters. The van der Waals surface area contributed by atoms with Crippen LogP contribution in [0, 0.1) is 0 Å². The van der Waals surface area contributed by atoms with Gasteiger partial charge in [0.15, 0.2) is 5.13 Å². The van der Waals surface area contributed by atoms with Crippen LogP contribution < -0.4 is 21.1 Å². The molecule has 2 unspecified atom stereocenters. The number of nitrogens with zero attached hydrogens (tertiary/aromatic N) is 3. The van der Waals surface area contributed by atoms with Crippen LogP contribution in [0.15, 0.2) is 36.4 Å². The summed E-state index contributed by atoms with van der Waals surface area (Å²) in [5.74, 6) is -0.0864. The van der Waals surface area contributed by atoms with Crippen molar-refractivity contribution in [3.8, 4) is 5.75 Å². The van der Waals surface area contributed by atoms with Crippen molar-refractivity contribution in [2.24, 2.45) is 12.8 Å². The molecule has 0 saturated carbocycles. The molecule has 2 saturated heterocycles. The molecule has 4 N–H and O–H groups in total. The molecule has 4 aromatic rings. The molecule has 4 heterocycles. The van der Waals surface area contributed by atoms with E-state index in [2.05, 4.69) is 25.3 Å². The molecule has 12 nitrogen and oxygen atoms in total. The van der Waals surface area contributed by atoms with E-state index < -0.39 is 6.36 Å². The number of aryl methyl sites for hydroxylation is 1. The standard InChI is InChI=1S/C22H20F3N5O4S.C5H11NO2/c1-30-17-5-2-12(19(31)26-10-14-11-32-6-7-33-14)8-16(17)27-20(30)29-21-28-15-4-3-13(9-18(15)35-21)34-22(23,24)25;6-3-5-4-7-1-2-8-5/h2-5,8-9,14H,6-7,10-11H2,1H3,(H,26,31)(H,27,28,29);5H,1-4,6H2. The van der Waals surface area contributed by atoms with E-state index in [0.29, 0.717) is 78.5 Å². The predicted molar refractivity (Wildman–Crippen MR) is 153 cm³/mol. The fourth-order valence-corrected chi connectivity index (χ4v) is 5.23. The zero-order chi connectivity index (χ0) is 30.4. The van der Waals surface area contributed by atoms with Gasteiger partial charge in [0.25, 0.3) is 5.91 Å². The molecular formula is C27H31F3N6O6S. The summed E-state index contributed by atoms with van der Waals surface area (Å²) in [6, 6.07) is 9.16. The maximum atomic E-state index is 12.6. The molecule has 43 heavy (non-hydrogen) atoms. The van der Waals surface area contributed by atoms with Crippen molar-refractivity contribution in [3.63, 3.8) is 0 Å². The smallest absolute Gasteiger partial charge is 0.406 e. The Labute approximate surface area is 248 Å². The van der Waals surface area contributed by atoms with Crippen LogP contribution in [0.1, 0.15) is 10.4 Å². The summed E-state index contributed by atoms with van der Waals surface area (Å²) in [4.78, 5) is 21.5. The lowest BCUT2D eigenvalue weighted by Crippen LogP contribution is -2.39. The van der Waals surface area contributed by atoms with Gasteiger partial charge in [0.1, 0.15) is 5.75 Å². The van der Waals surface area contributed by atoms with E-state index >= 15 is 0 Å². The van der Waals surface area contributed by atoms with E-state index in [9.17, 15) is 18.0 Å². The molecule has 0 radical (unpaired) electrons. The monoisotopic (exact) mass is 624 g/mol. The van der Waals surface area contributed by atoms with Gasteiger partial charge in [-0.1, -0.05) is 11.3 Å². The van der Waals surface area contributed by atoms with Crippen molar-refractivity contribution >= 4 is 49.6 Å². The highest BCUT2D eigenvalue weighted by molar-refractivity contribution is 7.22. The lowest BCUT2D eigenvalue weighted by atomic mass is 10.2. The van der Waals surface area contributed by atoms with E-state index in [1.807, 2.05) is 0 Å². The number of halogens is 3. The number of thiazole rings is 1. The minimum atomic E-state index is -4.76. The third-order valence-corrected chi connectivity index (χ3v) is 7.41. The van der Waals surface area contributed by atoms with E-state index in [4.69, 9.17) is 24.7 Å². The minimum Gasteiger partial charge on any atom is -0.406 e. The quantitative estimate of drug-likeness (QED) is 0.280. The van der Waals surface area contributed by atoms with Crippen molar-refractivity contribution in [3.05, 3.63) is 42.0 Å². The lowest BCUT2D eigenvalue weighted by molar-refractivity contribution is -0.274. The van der Waals surface area contributed by atoms with Crippen molar-refractivity contribution in [1.29, 1.82) is 0 Å². The molecule has 16 heteroatoms. The van der Waals surface area contributed by atoms with Gasteiger partial charge in [0.05, 0.1) is 73.1 Å². The van der Waals surface area contributed by atoms with Gasteiger partial charge in [0.2, 0.25) is 5.95 Å². The maximum Gasteiger partial charge on any atom is 0.573 e. The molecule has 0 spiro atoms. The Hall–Kier alpha value is -3.54. The average molecular weight is 625 g/mol. The van der Waals surface area contributed by atoms with Crippen LogP contribution in [0.5, 0.6) is 5.75 Å². The minimum absolute atomic E-state index is 0.142. The van der Waals surface area contributed by atoms with E-state index in [1.54, 1.807) is 29.8 Å². The third-order valence-electron chi connectivity index (χ3n) is 6.48. The first-order valence-corrected chi connectivity index (χ1v) is 14.3. The number of ether oxygens (including phenoxy) is 5. The van der Waals surface area contributed by atoms with Crippen LogP contribution in [0.25, 0.3) is 21.3 Å². The van der Waals surface area contributed by atoms with Gasteiger partial charge in [-0.25, -0.2) is 9.97 Å². The van der Waals surface area contributed by atoms with Crippen LogP contribution in [0.4, 0.5) is 24.3 Å². The molecule has 232 valence electrons. The summed E-state index contributed by atoms with van der Waals surface area (Å²) in [6.07, 6.45) is -4.80. The Bertz CT molecular complexity index is 1530. The predicted octanol–water partition coefficient (Wildman–Crippen LogP) is 3.33. The van der Waals surface area contributed by atoms with Gasteiger partial charge in [-0.3, -0.25) is 4.79 Å². The average Bonchev–Trinajstić information content (AvgIpc) is 3.55. The number of carbonyl (C=O) groups is 1. The van der Waals surface area contributed by atoms with Crippen LogP contribution in [-0.2, 0) is 26.0 Å². The molecule has 0 aliphatic carbocycles. The Balaban J connectivity index is 0.000000400. The number of nitrogens with one attached hydrogen (secondary N) is 2. The zero-order valence-electron chi connectivity index (χ0n) is 23.2. The second-order valence-electron chi connectivity index (χ2n) is 9.60. The van der Waals surface area contributed by atoms with Crippen molar-refractivity contribution in [2.75, 3.05) is 58.0 Å². The summed E-state index contributed by atoms with van der Waals surface area (Å²) in [5, 5.41) is 6.40. The number of amides is 1. The Kier molecular flexibility index (Phi) is 9.94.